The summed E-state index contributed by atoms with van der Waals surface area (Å²) in [5.74, 6) is -0.153. The Morgan fingerprint density at radius 2 is 1.70 bits per heavy atom. The molecule has 0 bridgehead atoms. The predicted molar refractivity (Wildman–Crippen MR) is 40.3 cm³/mol. The highest BCUT2D eigenvalue weighted by molar-refractivity contribution is 6.71. The van der Waals surface area contributed by atoms with E-state index >= 15 is 0 Å². The Balaban J connectivity index is 3.00. The zero-order chi connectivity index (χ0) is 7.89. The molecule has 0 aromatic carbocycles. The molecule has 0 aliphatic heterocycles. The molecule has 2 atom stereocenters. The Morgan fingerprint density at radius 1 is 1.20 bits per heavy atom. The third kappa shape index (κ3) is 0.690. The van der Waals surface area contributed by atoms with Crippen LogP contribution in [0.5, 0.6) is 0 Å². The zero-order valence-electron chi connectivity index (χ0n) is 5.73. The molecule has 4 heteroatoms. The van der Waals surface area contributed by atoms with Gasteiger partial charge in [-0.05, 0) is 0 Å². The minimum absolute atomic E-state index is 0.000000000000000222. The first-order chi connectivity index (χ1) is 4.55. The minimum atomic E-state index is -0.431. The van der Waals surface area contributed by atoms with Gasteiger partial charge in [0, 0.05) is 5.92 Å². The predicted octanol–water partition coefficient (Wildman–Crippen LogP) is 0.0227. The minimum Gasteiger partial charge on any atom is -0.322 e. The summed E-state index contributed by atoms with van der Waals surface area (Å²) in [7, 11) is 0. The first kappa shape index (κ1) is 7.08. The SMILES string of the molecule is CC1C(=N)C(=N)C(=N)C1N. The third-order valence-corrected chi connectivity index (χ3v) is 1.87. The van der Waals surface area contributed by atoms with Crippen molar-refractivity contribution < 1.29 is 0 Å². The van der Waals surface area contributed by atoms with Crippen molar-refractivity contribution in [3.8, 4) is 0 Å². The summed E-state index contributed by atoms with van der Waals surface area (Å²) in [5.41, 5.74) is 5.78. The summed E-state index contributed by atoms with van der Waals surface area (Å²) >= 11 is 0. The molecule has 0 aromatic heterocycles. The highest BCUT2D eigenvalue weighted by Gasteiger charge is 2.34. The molecule has 1 saturated carbocycles. The quantitative estimate of drug-likeness (QED) is 0.373. The van der Waals surface area contributed by atoms with Gasteiger partial charge in [0.15, 0.2) is 0 Å². The monoisotopic (exact) mass is 138 g/mol. The number of hydrogen-bond donors (Lipinski definition) is 4. The molecule has 2 unspecified atom stereocenters. The number of nitrogens with one attached hydrogen (secondary N) is 3. The lowest BCUT2D eigenvalue weighted by molar-refractivity contribution is 0.713. The van der Waals surface area contributed by atoms with Gasteiger partial charge in [0.25, 0.3) is 0 Å². The molecule has 1 aliphatic carbocycles. The third-order valence-electron chi connectivity index (χ3n) is 1.87. The van der Waals surface area contributed by atoms with Gasteiger partial charge in [-0.3, -0.25) is 5.41 Å². The molecule has 1 fully saturated rings. The van der Waals surface area contributed by atoms with Crippen molar-refractivity contribution >= 4 is 17.1 Å². The van der Waals surface area contributed by atoms with E-state index in [0.717, 1.165) is 0 Å². The Morgan fingerprint density at radius 3 is 1.80 bits per heavy atom. The van der Waals surface area contributed by atoms with E-state index < -0.39 is 6.04 Å². The van der Waals surface area contributed by atoms with Crippen LogP contribution in [0.4, 0.5) is 0 Å². The van der Waals surface area contributed by atoms with Crippen LogP contribution in [0.15, 0.2) is 0 Å². The fourth-order valence-corrected chi connectivity index (χ4v) is 0.969. The molecule has 10 heavy (non-hydrogen) atoms. The average molecular weight is 138 g/mol. The van der Waals surface area contributed by atoms with Gasteiger partial charge in [0.1, 0.15) is 0 Å². The average Bonchev–Trinajstić information content (AvgIpc) is 2.07. The maximum absolute atomic E-state index is 7.28. The van der Waals surface area contributed by atoms with E-state index in [1.54, 1.807) is 6.92 Å². The lowest BCUT2D eigenvalue weighted by atomic mass is 10.1. The van der Waals surface area contributed by atoms with Gasteiger partial charge in [-0.25, -0.2) is 0 Å². The van der Waals surface area contributed by atoms with Crippen molar-refractivity contribution in [2.75, 3.05) is 0 Å². The molecule has 0 saturated heterocycles. The zero-order valence-corrected chi connectivity index (χ0v) is 5.73. The van der Waals surface area contributed by atoms with E-state index in [-0.39, 0.29) is 23.1 Å². The topological polar surface area (TPSA) is 97.6 Å². The van der Waals surface area contributed by atoms with Crippen LogP contribution in [-0.2, 0) is 0 Å². The first-order valence-corrected chi connectivity index (χ1v) is 3.07. The first-order valence-electron chi connectivity index (χ1n) is 3.07. The number of hydrogen-bond acceptors (Lipinski definition) is 4. The summed E-state index contributed by atoms with van der Waals surface area (Å²) < 4.78 is 0. The van der Waals surface area contributed by atoms with E-state index in [1.807, 2.05) is 0 Å². The Bertz CT molecular complexity index is 196. The smallest absolute Gasteiger partial charge is 0.0975 e. The van der Waals surface area contributed by atoms with Crippen LogP contribution in [0.2, 0.25) is 0 Å². The molecule has 0 aromatic rings. The molecule has 0 heterocycles. The highest BCUT2D eigenvalue weighted by atomic mass is 14.8. The summed E-state index contributed by atoms with van der Waals surface area (Å²) in [6, 6.07) is -0.431. The maximum Gasteiger partial charge on any atom is 0.0975 e. The molecule has 0 spiro atoms. The molecule has 1 aliphatic rings. The number of rotatable bonds is 0. The van der Waals surface area contributed by atoms with Gasteiger partial charge in [-0.1, -0.05) is 6.92 Å². The van der Waals surface area contributed by atoms with E-state index in [1.165, 1.54) is 0 Å². The molecule has 0 amide bonds. The Hall–Kier alpha value is -1.03. The van der Waals surface area contributed by atoms with Crippen LogP contribution in [0.1, 0.15) is 6.92 Å². The van der Waals surface area contributed by atoms with Crippen LogP contribution < -0.4 is 5.73 Å². The van der Waals surface area contributed by atoms with Gasteiger partial charge in [0.05, 0.1) is 23.2 Å². The van der Waals surface area contributed by atoms with Crippen LogP contribution >= 0.6 is 0 Å². The summed E-state index contributed by atoms with van der Waals surface area (Å²) in [6.07, 6.45) is 0. The Kier molecular flexibility index (Phi) is 1.40. The van der Waals surface area contributed by atoms with Crippen molar-refractivity contribution in [3.63, 3.8) is 0 Å². The van der Waals surface area contributed by atoms with Crippen molar-refractivity contribution in [2.24, 2.45) is 11.7 Å². The highest BCUT2D eigenvalue weighted by Crippen LogP contribution is 2.14. The summed E-state index contributed by atoms with van der Waals surface area (Å²) in [4.78, 5) is 0. The van der Waals surface area contributed by atoms with Crippen molar-refractivity contribution in [3.05, 3.63) is 0 Å². The van der Waals surface area contributed by atoms with Gasteiger partial charge < -0.3 is 16.6 Å². The van der Waals surface area contributed by atoms with Gasteiger partial charge >= 0.3 is 0 Å². The van der Waals surface area contributed by atoms with E-state index in [0.29, 0.717) is 0 Å². The van der Waals surface area contributed by atoms with Crippen molar-refractivity contribution in [1.82, 2.24) is 0 Å². The van der Waals surface area contributed by atoms with Crippen molar-refractivity contribution in [2.45, 2.75) is 13.0 Å². The fourth-order valence-electron chi connectivity index (χ4n) is 0.969. The fraction of sp³-hybridized carbons (Fsp3) is 0.500. The maximum atomic E-state index is 7.28. The molecular weight excluding hydrogens is 128 g/mol. The van der Waals surface area contributed by atoms with Crippen LogP contribution in [0.25, 0.3) is 0 Å². The summed E-state index contributed by atoms with van der Waals surface area (Å²) in [5, 5.41) is 21.7. The molecule has 5 N–H and O–H groups in total. The van der Waals surface area contributed by atoms with Crippen LogP contribution in [-0.4, -0.2) is 23.2 Å². The van der Waals surface area contributed by atoms with Gasteiger partial charge in [-0.2, -0.15) is 0 Å². The molecular formula is C6H10N4. The van der Waals surface area contributed by atoms with Gasteiger partial charge in [0.2, 0.25) is 0 Å². The second-order valence-electron chi connectivity index (χ2n) is 2.52. The van der Waals surface area contributed by atoms with Gasteiger partial charge in [-0.15, -0.1) is 0 Å². The lowest BCUT2D eigenvalue weighted by Crippen LogP contribution is -2.31. The Labute approximate surface area is 59.0 Å². The van der Waals surface area contributed by atoms with E-state index in [9.17, 15) is 0 Å². The molecule has 0 radical (unpaired) electrons. The second kappa shape index (κ2) is 1.98. The van der Waals surface area contributed by atoms with E-state index in [2.05, 4.69) is 0 Å². The lowest BCUT2D eigenvalue weighted by Gasteiger charge is -2.05. The molecule has 54 valence electrons. The second-order valence-corrected chi connectivity index (χ2v) is 2.52. The van der Waals surface area contributed by atoms with Crippen molar-refractivity contribution in [1.29, 1.82) is 16.2 Å². The van der Waals surface area contributed by atoms with Crippen LogP contribution in [0.3, 0.4) is 0 Å². The molecule has 4 nitrogen and oxygen atoms in total. The van der Waals surface area contributed by atoms with Crippen LogP contribution in [0, 0.1) is 22.1 Å². The standard InChI is InChI=1S/C6H10N4/c1-2-3(7)5(9)6(10)4(2)8/h2-3,8-10H,7H2,1H3. The number of nitrogens with two attached hydrogens (primary N) is 1. The summed E-state index contributed by atoms with van der Waals surface area (Å²) in [6.45, 7) is 1.77. The van der Waals surface area contributed by atoms with E-state index in [4.69, 9.17) is 22.0 Å². The molecule has 1 rings (SSSR count). The normalized spacial score (nSPS) is 33.6. The largest absolute Gasteiger partial charge is 0.322 e.